The van der Waals surface area contributed by atoms with Crippen molar-refractivity contribution in [2.75, 3.05) is 13.1 Å². The molecule has 10 heteroatoms. The average molecular weight is 420 g/mol. The van der Waals surface area contributed by atoms with Crippen molar-refractivity contribution in [1.82, 2.24) is 24.2 Å². The molecule has 0 radical (unpaired) electrons. The van der Waals surface area contributed by atoms with Crippen LogP contribution in [0.1, 0.15) is 47.7 Å². The third-order valence-corrected chi connectivity index (χ3v) is 7.83. The number of pyridine rings is 1. The van der Waals surface area contributed by atoms with E-state index in [4.69, 9.17) is 0 Å². The predicted octanol–water partition coefficient (Wildman–Crippen LogP) is 2.46. The van der Waals surface area contributed by atoms with E-state index in [2.05, 4.69) is 15.5 Å². The fourth-order valence-corrected chi connectivity index (χ4v) is 6.21. The minimum absolute atomic E-state index is 0.0789. The van der Waals surface area contributed by atoms with Crippen molar-refractivity contribution in [1.29, 1.82) is 0 Å². The Morgan fingerprint density at radius 3 is 2.75 bits per heavy atom. The molecule has 1 N–H and O–H groups in total. The van der Waals surface area contributed by atoms with E-state index in [9.17, 15) is 13.2 Å². The number of sulfonamides is 1. The molecule has 3 aromatic rings. The predicted molar refractivity (Wildman–Crippen MR) is 106 cm³/mol. The van der Waals surface area contributed by atoms with Gasteiger partial charge < -0.3 is 5.32 Å². The molecule has 0 spiro atoms. The minimum atomic E-state index is -3.67. The van der Waals surface area contributed by atoms with Gasteiger partial charge in [0.15, 0.2) is 11.5 Å². The quantitative estimate of drug-likeness (QED) is 0.685. The lowest BCUT2D eigenvalue weighted by atomic mass is 10.2. The van der Waals surface area contributed by atoms with Crippen molar-refractivity contribution in [2.24, 2.45) is 0 Å². The number of thiophene rings is 1. The van der Waals surface area contributed by atoms with Gasteiger partial charge in [-0.1, -0.05) is 12.5 Å². The molecule has 0 aromatic carbocycles. The first kappa shape index (κ1) is 19.0. The lowest BCUT2D eigenvalue weighted by Crippen LogP contribution is -2.36. The van der Waals surface area contributed by atoms with E-state index in [-0.39, 0.29) is 9.77 Å². The Hall–Kier alpha value is -2.30. The van der Waals surface area contributed by atoms with Gasteiger partial charge in [-0.3, -0.25) is 9.20 Å². The third kappa shape index (κ3) is 3.43. The molecule has 1 aliphatic rings. The Labute approximate surface area is 167 Å². The van der Waals surface area contributed by atoms with E-state index in [0.717, 1.165) is 30.6 Å². The monoisotopic (exact) mass is 419 g/mol. The standard InChI is InChI=1S/C18H21N5O3S2/c1-13(17-21-20-15-7-3-6-11-23(15)17)19-18(24)16-14(8-12-27-16)28(25,26)22-9-4-2-5-10-22/h3,6-8,11-13H,2,4-5,9-10H2,1H3,(H,19,24). The van der Waals surface area contributed by atoms with Crippen LogP contribution in [0.3, 0.4) is 0 Å². The average Bonchev–Trinajstić information content (AvgIpc) is 3.36. The first-order chi connectivity index (χ1) is 13.5. The normalized spacial score (nSPS) is 16.9. The number of nitrogens with one attached hydrogen (secondary N) is 1. The van der Waals surface area contributed by atoms with E-state index < -0.39 is 22.0 Å². The Morgan fingerprint density at radius 2 is 1.96 bits per heavy atom. The van der Waals surface area contributed by atoms with Crippen LogP contribution in [0, 0.1) is 0 Å². The molecular weight excluding hydrogens is 398 g/mol. The second kappa shape index (κ2) is 7.61. The highest BCUT2D eigenvalue weighted by atomic mass is 32.2. The summed E-state index contributed by atoms with van der Waals surface area (Å²) in [5.41, 5.74) is 0.683. The van der Waals surface area contributed by atoms with Gasteiger partial charge in [0.25, 0.3) is 5.91 Å². The Bertz CT molecular complexity index is 1100. The molecule has 8 nitrogen and oxygen atoms in total. The van der Waals surface area contributed by atoms with Gasteiger partial charge in [0.2, 0.25) is 10.0 Å². The van der Waals surface area contributed by atoms with Crippen molar-refractivity contribution in [3.05, 3.63) is 46.5 Å². The van der Waals surface area contributed by atoms with Gasteiger partial charge in [0, 0.05) is 19.3 Å². The number of fused-ring (bicyclic) bond motifs is 1. The number of carbonyl (C=O) groups is 1. The van der Waals surface area contributed by atoms with Gasteiger partial charge in [0.1, 0.15) is 9.77 Å². The van der Waals surface area contributed by atoms with Gasteiger partial charge in [-0.15, -0.1) is 21.5 Å². The summed E-state index contributed by atoms with van der Waals surface area (Å²) in [5.74, 6) is 0.159. The van der Waals surface area contributed by atoms with E-state index in [1.807, 2.05) is 24.4 Å². The van der Waals surface area contributed by atoms with Crippen LogP contribution in [0.15, 0.2) is 40.7 Å². The van der Waals surface area contributed by atoms with E-state index in [0.29, 0.717) is 24.6 Å². The Balaban J connectivity index is 1.57. The molecule has 0 bridgehead atoms. The van der Waals surface area contributed by atoms with Gasteiger partial charge in [0.05, 0.1) is 6.04 Å². The summed E-state index contributed by atoms with van der Waals surface area (Å²) in [6, 6.07) is 6.63. The number of nitrogens with zero attached hydrogens (tertiary/aromatic N) is 4. The molecular formula is C18H21N5O3S2. The molecule has 148 valence electrons. The summed E-state index contributed by atoms with van der Waals surface area (Å²) in [6.07, 6.45) is 4.56. The molecule has 4 rings (SSSR count). The van der Waals surface area contributed by atoms with E-state index >= 15 is 0 Å². The number of carbonyl (C=O) groups excluding carboxylic acids is 1. The van der Waals surface area contributed by atoms with Crippen LogP contribution in [-0.4, -0.2) is 46.3 Å². The molecule has 1 aliphatic heterocycles. The van der Waals surface area contributed by atoms with Crippen molar-refractivity contribution in [3.8, 4) is 0 Å². The zero-order chi connectivity index (χ0) is 19.7. The molecule has 3 aromatic heterocycles. The number of hydrogen-bond donors (Lipinski definition) is 1. The molecule has 1 saturated heterocycles. The lowest BCUT2D eigenvalue weighted by Gasteiger charge is -2.25. The Morgan fingerprint density at radius 1 is 1.18 bits per heavy atom. The number of aromatic nitrogens is 3. The highest BCUT2D eigenvalue weighted by molar-refractivity contribution is 7.89. The largest absolute Gasteiger partial charge is 0.342 e. The van der Waals surface area contributed by atoms with Crippen LogP contribution in [-0.2, 0) is 10.0 Å². The van der Waals surface area contributed by atoms with Gasteiger partial charge >= 0.3 is 0 Å². The summed E-state index contributed by atoms with van der Waals surface area (Å²) in [4.78, 5) is 13.1. The van der Waals surface area contributed by atoms with E-state index in [1.165, 1.54) is 10.4 Å². The molecule has 1 unspecified atom stereocenters. The highest BCUT2D eigenvalue weighted by Crippen LogP contribution is 2.28. The lowest BCUT2D eigenvalue weighted by molar-refractivity contribution is 0.0939. The molecule has 4 heterocycles. The maximum Gasteiger partial charge on any atom is 0.263 e. The van der Waals surface area contributed by atoms with Crippen LogP contribution >= 0.6 is 11.3 Å². The van der Waals surface area contributed by atoms with Gasteiger partial charge in [-0.2, -0.15) is 4.31 Å². The van der Waals surface area contributed by atoms with E-state index in [1.54, 1.807) is 16.7 Å². The van der Waals surface area contributed by atoms with Crippen LogP contribution in [0.25, 0.3) is 5.65 Å². The third-order valence-electron chi connectivity index (χ3n) is 4.84. The van der Waals surface area contributed by atoms with Gasteiger partial charge in [-0.05, 0) is 43.3 Å². The maximum absolute atomic E-state index is 13.0. The summed E-state index contributed by atoms with van der Waals surface area (Å²) < 4.78 is 29.3. The van der Waals surface area contributed by atoms with Crippen molar-refractivity contribution in [3.63, 3.8) is 0 Å². The summed E-state index contributed by atoms with van der Waals surface area (Å²) in [7, 11) is -3.67. The molecule has 28 heavy (non-hydrogen) atoms. The van der Waals surface area contributed by atoms with Crippen LogP contribution in [0.2, 0.25) is 0 Å². The molecule has 0 aliphatic carbocycles. The molecule has 1 amide bonds. The van der Waals surface area contributed by atoms with Crippen LogP contribution < -0.4 is 5.32 Å². The van der Waals surface area contributed by atoms with Crippen molar-refractivity contribution < 1.29 is 13.2 Å². The topological polar surface area (TPSA) is 96.7 Å². The summed E-state index contributed by atoms with van der Waals surface area (Å²) >= 11 is 1.13. The van der Waals surface area contributed by atoms with Crippen molar-refractivity contribution in [2.45, 2.75) is 37.1 Å². The molecule has 0 saturated carbocycles. The first-order valence-electron chi connectivity index (χ1n) is 9.16. The van der Waals surface area contributed by atoms with Crippen LogP contribution in [0.4, 0.5) is 0 Å². The second-order valence-electron chi connectivity index (χ2n) is 6.76. The zero-order valence-electron chi connectivity index (χ0n) is 15.4. The minimum Gasteiger partial charge on any atom is -0.342 e. The fourth-order valence-electron chi connectivity index (χ4n) is 3.39. The van der Waals surface area contributed by atoms with Crippen molar-refractivity contribution >= 4 is 32.9 Å². The number of rotatable bonds is 5. The van der Waals surface area contributed by atoms with Gasteiger partial charge in [-0.25, -0.2) is 8.42 Å². The zero-order valence-corrected chi connectivity index (χ0v) is 17.0. The maximum atomic E-state index is 13.0. The second-order valence-corrected chi connectivity index (χ2v) is 9.58. The molecule has 1 atom stereocenters. The summed E-state index contributed by atoms with van der Waals surface area (Å²) in [6.45, 7) is 2.80. The Kier molecular flexibility index (Phi) is 5.17. The number of piperidine rings is 1. The highest BCUT2D eigenvalue weighted by Gasteiger charge is 2.31. The number of hydrogen-bond acceptors (Lipinski definition) is 6. The van der Waals surface area contributed by atoms with Crippen LogP contribution in [0.5, 0.6) is 0 Å². The summed E-state index contributed by atoms with van der Waals surface area (Å²) in [5, 5.41) is 12.7. The fraction of sp³-hybridized carbons (Fsp3) is 0.389. The smallest absolute Gasteiger partial charge is 0.263 e. The SMILES string of the molecule is CC(NC(=O)c1sccc1S(=O)(=O)N1CCCCC1)c1nnc2ccccn12. The number of amides is 1. The first-order valence-corrected chi connectivity index (χ1v) is 11.5. The molecule has 1 fully saturated rings.